The van der Waals surface area contributed by atoms with Crippen molar-refractivity contribution in [1.82, 2.24) is 9.80 Å². The van der Waals surface area contributed by atoms with Crippen molar-refractivity contribution >= 4 is 35.2 Å². The predicted octanol–water partition coefficient (Wildman–Crippen LogP) is 2.72. The highest BCUT2D eigenvalue weighted by molar-refractivity contribution is 8.02. The largest absolute Gasteiger partial charge is 0.497 e. The van der Waals surface area contributed by atoms with Gasteiger partial charge in [0.25, 0.3) is 5.91 Å². The Bertz CT molecular complexity index is 1060. The Kier molecular flexibility index (Phi) is 8.04. The summed E-state index contributed by atoms with van der Waals surface area (Å²) < 4.78 is 4.56. The maximum atomic E-state index is 14.5. The lowest BCUT2D eigenvalue weighted by atomic mass is 9.70. The fourth-order valence-electron chi connectivity index (χ4n) is 6.36. The average Bonchev–Trinajstić information content (AvgIpc) is 3.55. The third-order valence-electron chi connectivity index (χ3n) is 8.07. The monoisotopic (exact) mass is 527 g/mol. The molecule has 0 saturated carbocycles. The van der Waals surface area contributed by atoms with Crippen LogP contribution in [-0.4, -0.2) is 88.6 Å². The van der Waals surface area contributed by atoms with Crippen LogP contribution in [0.3, 0.4) is 0 Å². The molecule has 2 bridgehead atoms. The summed E-state index contributed by atoms with van der Waals surface area (Å²) in [6.07, 6.45) is 5.28. The van der Waals surface area contributed by atoms with Crippen molar-refractivity contribution < 1.29 is 24.2 Å². The molecular weight excluding hydrogens is 490 g/mol. The van der Waals surface area contributed by atoms with Gasteiger partial charge in [-0.1, -0.05) is 19.1 Å². The smallest absolute Gasteiger partial charge is 0.251 e. The molecule has 1 aromatic rings. The minimum atomic E-state index is -0.790. The van der Waals surface area contributed by atoms with Crippen molar-refractivity contribution in [3.05, 3.63) is 49.6 Å². The van der Waals surface area contributed by atoms with Crippen LogP contribution in [-0.2, 0) is 14.4 Å². The van der Waals surface area contributed by atoms with Crippen molar-refractivity contribution in [2.24, 2.45) is 11.8 Å². The third-order valence-corrected chi connectivity index (χ3v) is 10.0. The van der Waals surface area contributed by atoms with Gasteiger partial charge in [0.2, 0.25) is 11.8 Å². The highest BCUT2D eigenvalue weighted by Gasteiger charge is 2.74. The molecule has 200 valence electrons. The number of thioether (sulfide) groups is 1. The molecule has 1 N–H and O–H groups in total. The number of nitrogens with zero attached hydrogens (tertiary/aromatic N) is 3. The van der Waals surface area contributed by atoms with Gasteiger partial charge in [-0.15, -0.1) is 24.9 Å². The number of methoxy groups -OCH3 is 1. The highest BCUT2D eigenvalue weighted by Crippen LogP contribution is 2.67. The summed E-state index contributed by atoms with van der Waals surface area (Å²) in [6.45, 7) is 9.90. The summed E-state index contributed by atoms with van der Waals surface area (Å²) in [6, 6.07) is 5.91. The lowest BCUT2D eigenvalue weighted by molar-refractivity contribution is -0.144. The number of hydrogen-bond donors (Lipinski definition) is 1. The Balaban J connectivity index is 1.79. The Morgan fingerprint density at radius 1 is 1.24 bits per heavy atom. The first-order valence-corrected chi connectivity index (χ1v) is 13.7. The number of aliphatic hydroxyl groups is 1. The fraction of sp³-hybridized carbons (Fsp3) is 0.536. The van der Waals surface area contributed by atoms with Crippen molar-refractivity contribution in [3.8, 4) is 5.75 Å². The summed E-state index contributed by atoms with van der Waals surface area (Å²) >= 11 is 1.63. The van der Waals surface area contributed by atoms with E-state index in [-0.39, 0.29) is 36.1 Å². The second-order valence-electron chi connectivity index (χ2n) is 9.99. The number of carbonyl (C=O) groups is 3. The van der Waals surface area contributed by atoms with Crippen LogP contribution in [0, 0.1) is 11.8 Å². The van der Waals surface area contributed by atoms with E-state index in [1.807, 2.05) is 19.1 Å². The number of amides is 3. The number of anilines is 1. The van der Waals surface area contributed by atoms with Crippen LogP contribution < -0.4 is 9.64 Å². The zero-order valence-electron chi connectivity index (χ0n) is 21.8. The van der Waals surface area contributed by atoms with Gasteiger partial charge in [0.05, 0.1) is 36.3 Å². The topological polar surface area (TPSA) is 90.4 Å². The van der Waals surface area contributed by atoms with E-state index in [1.165, 1.54) is 0 Å². The van der Waals surface area contributed by atoms with Crippen LogP contribution in [0.25, 0.3) is 0 Å². The number of carbonyl (C=O) groups excluding carboxylic acids is 3. The van der Waals surface area contributed by atoms with Gasteiger partial charge in [0, 0.05) is 31.1 Å². The molecule has 6 atom stereocenters. The Morgan fingerprint density at radius 3 is 2.49 bits per heavy atom. The summed E-state index contributed by atoms with van der Waals surface area (Å²) in [5.74, 6) is -0.928. The summed E-state index contributed by atoms with van der Waals surface area (Å²) in [4.78, 5) is 47.0. The number of likely N-dealkylation sites (tertiary alicyclic amines) is 1. The SMILES string of the molecule is C=CCN(C)C(=O)[C@@H]1[C@H]2C(=O)N([C@@H](CC)CO)C(C(=O)N(CC=C)c3ccc(OC)cc3)C23CC[C@H]1S3. The van der Waals surface area contributed by atoms with Crippen molar-refractivity contribution in [3.63, 3.8) is 0 Å². The van der Waals surface area contributed by atoms with Crippen LogP contribution in [0.5, 0.6) is 5.75 Å². The molecule has 3 aliphatic heterocycles. The van der Waals surface area contributed by atoms with Crippen LogP contribution in [0.4, 0.5) is 5.69 Å². The molecule has 3 saturated heterocycles. The van der Waals surface area contributed by atoms with E-state index in [1.54, 1.807) is 64.9 Å². The first-order valence-electron chi connectivity index (χ1n) is 12.8. The van der Waals surface area contributed by atoms with Gasteiger partial charge < -0.3 is 24.5 Å². The van der Waals surface area contributed by atoms with Crippen LogP contribution >= 0.6 is 11.8 Å². The van der Waals surface area contributed by atoms with E-state index in [9.17, 15) is 19.5 Å². The van der Waals surface area contributed by atoms with Gasteiger partial charge >= 0.3 is 0 Å². The van der Waals surface area contributed by atoms with E-state index in [2.05, 4.69) is 13.2 Å². The zero-order chi connectivity index (χ0) is 26.9. The minimum Gasteiger partial charge on any atom is -0.497 e. The molecule has 1 aromatic carbocycles. The molecule has 8 nitrogen and oxygen atoms in total. The number of benzene rings is 1. The van der Waals surface area contributed by atoms with Crippen molar-refractivity contribution in [2.45, 2.75) is 48.3 Å². The summed E-state index contributed by atoms with van der Waals surface area (Å²) in [7, 11) is 3.31. The second-order valence-corrected chi connectivity index (χ2v) is 11.6. The Morgan fingerprint density at radius 2 is 1.92 bits per heavy atom. The predicted molar refractivity (Wildman–Crippen MR) is 146 cm³/mol. The Labute approximate surface area is 223 Å². The van der Waals surface area contributed by atoms with Gasteiger partial charge in [0.1, 0.15) is 11.8 Å². The molecule has 3 heterocycles. The number of likely N-dealkylation sites (N-methyl/N-ethyl adjacent to an activating group) is 1. The molecule has 0 radical (unpaired) electrons. The molecule has 0 aromatic heterocycles. The van der Waals surface area contributed by atoms with Crippen molar-refractivity contribution in [1.29, 1.82) is 0 Å². The maximum Gasteiger partial charge on any atom is 0.251 e. The van der Waals surface area contributed by atoms with E-state index in [0.717, 1.165) is 6.42 Å². The lowest BCUT2D eigenvalue weighted by Gasteiger charge is -2.39. The normalized spacial score (nSPS) is 28.5. The van der Waals surface area contributed by atoms with Crippen LogP contribution in [0.1, 0.15) is 26.2 Å². The zero-order valence-corrected chi connectivity index (χ0v) is 22.7. The van der Waals surface area contributed by atoms with E-state index >= 15 is 0 Å². The standard InChI is InChI=1S/C28H37N3O5S/c1-6-15-29(4)25(33)22-21-13-14-28(37-21)23(22)26(34)31(18(8-3)17-32)24(28)27(35)30(16-7-2)19-9-11-20(36-5)12-10-19/h6-7,9-12,18,21-24,32H,1-2,8,13-17H2,3-5H3/t18-,21+,22-,23-,24?,28?/m0/s1. The summed E-state index contributed by atoms with van der Waals surface area (Å²) in [5.41, 5.74) is 0.672. The molecule has 37 heavy (non-hydrogen) atoms. The highest BCUT2D eigenvalue weighted by atomic mass is 32.2. The number of fused-ring (bicyclic) bond motifs is 1. The molecular formula is C28H37N3O5S. The summed E-state index contributed by atoms with van der Waals surface area (Å²) in [5, 5.41) is 10.2. The van der Waals surface area contributed by atoms with Crippen LogP contribution in [0.2, 0.25) is 0 Å². The average molecular weight is 528 g/mol. The number of aliphatic hydroxyl groups excluding tert-OH is 1. The maximum absolute atomic E-state index is 14.5. The number of rotatable bonds is 11. The molecule has 0 aliphatic carbocycles. The quantitative estimate of drug-likeness (QED) is 0.445. The van der Waals surface area contributed by atoms with E-state index in [0.29, 0.717) is 30.8 Å². The Hall–Kier alpha value is -2.78. The number of hydrogen-bond acceptors (Lipinski definition) is 6. The van der Waals surface area contributed by atoms with E-state index in [4.69, 9.17) is 4.74 Å². The molecule has 3 aliphatic rings. The molecule has 4 rings (SSSR count). The van der Waals surface area contributed by atoms with Crippen molar-refractivity contribution in [2.75, 3.05) is 38.8 Å². The van der Waals surface area contributed by atoms with Gasteiger partial charge in [-0.3, -0.25) is 14.4 Å². The minimum absolute atomic E-state index is 0.0193. The lowest BCUT2D eigenvalue weighted by Crippen LogP contribution is -2.57. The van der Waals surface area contributed by atoms with Gasteiger partial charge in [-0.25, -0.2) is 0 Å². The molecule has 1 spiro atoms. The first-order chi connectivity index (χ1) is 17.8. The van der Waals surface area contributed by atoms with Gasteiger partial charge in [-0.2, -0.15) is 0 Å². The molecule has 3 amide bonds. The number of ether oxygens (including phenoxy) is 1. The van der Waals surface area contributed by atoms with Crippen LogP contribution in [0.15, 0.2) is 49.6 Å². The molecule has 9 heteroatoms. The third kappa shape index (κ3) is 4.36. The molecule has 2 unspecified atom stereocenters. The van der Waals surface area contributed by atoms with Gasteiger partial charge in [-0.05, 0) is 43.5 Å². The molecule has 3 fully saturated rings. The van der Waals surface area contributed by atoms with Gasteiger partial charge in [0.15, 0.2) is 0 Å². The first kappa shape index (κ1) is 27.3. The second kappa shape index (κ2) is 10.9. The van der Waals surface area contributed by atoms with E-state index < -0.39 is 28.7 Å². The fourth-order valence-corrected chi connectivity index (χ4v) is 8.55.